The summed E-state index contributed by atoms with van der Waals surface area (Å²) in [7, 11) is 0. The van der Waals surface area contributed by atoms with E-state index in [4.69, 9.17) is 4.42 Å². The van der Waals surface area contributed by atoms with Crippen LogP contribution in [0.2, 0.25) is 0 Å². The number of benzene rings is 2. The molecule has 0 spiro atoms. The van der Waals surface area contributed by atoms with Crippen molar-refractivity contribution in [3.8, 4) is 23.3 Å². The van der Waals surface area contributed by atoms with Gasteiger partial charge in [0.2, 0.25) is 5.43 Å². The monoisotopic (exact) mass is 458 g/mol. The van der Waals surface area contributed by atoms with Crippen LogP contribution in [0.1, 0.15) is 22.5 Å². The Kier molecular flexibility index (Phi) is 4.13. The zero-order valence-electron chi connectivity index (χ0n) is 18.5. The number of aryl methyl sites for hydroxylation is 2. The van der Waals surface area contributed by atoms with Crippen LogP contribution in [0, 0.1) is 36.5 Å². The highest BCUT2D eigenvalue weighted by Crippen LogP contribution is 2.29. The van der Waals surface area contributed by atoms with Gasteiger partial charge in [-0.15, -0.1) is 0 Å². The number of rotatable bonds is 1. The van der Waals surface area contributed by atoms with E-state index in [1.807, 2.05) is 43.3 Å². The summed E-state index contributed by atoms with van der Waals surface area (Å²) in [5, 5.41) is 21.1. The van der Waals surface area contributed by atoms with Crippen molar-refractivity contribution in [2.24, 2.45) is 0 Å². The molecular weight excluding hydrogens is 444 g/mol. The number of fused-ring (bicyclic) bond motifs is 6. The van der Waals surface area contributed by atoms with Crippen molar-refractivity contribution in [1.82, 2.24) is 19.0 Å². The Morgan fingerprint density at radius 1 is 0.886 bits per heavy atom. The van der Waals surface area contributed by atoms with E-state index >= 15 is 0 Å². The maximum absolute atomic E-state index is 13.6. The van der Waals surface area contributed by atoms with Gasteiger partial charge in [-0.2, -0.15) is 15.0 Å². The SMILES string of the molecule is Cc1ccc2occ(-c3c(C#N)c(=O)n4c(nc5c6ccccc6nc(C)n54)c3C#N)c(=O)c2c1. The van der Waals surface area contributed by atoms with Crippen molar-refractivity contribution in [1.29, 1.82) is 10.5 Å². The van der Waals surface area contributed by atoms with Gasteiger partial charge in [-0.3, -0.25) is 9.59 Å². The third kappa shape index (κ3) is 2.66. The molecule has 4 heterocycles. The Balaban J connectivity index is 1.85. The minimum atomic E-state index is -0.715. The molecular formula is C26H14N6O3. The first kappa shape index (κ1) is 20.3. The lowest BCUT2D eigenvalue weighted by Crippen LogP contribution is -2.24. The topological polar surface area (TPSA) is 129 Å². The molecule has 6 aromatic rings. The molecule has 9 heteroatoms. The number of nitrogens with zero attached hydrogens (tertiary/aromatic N) is 6. The molecule has 0 radical (unpaired) electrons. The molecule has 0 saturated heterocycles. The van der Waals surface area contributed by atoms with E-state index < -0.39 is 11.0 Å². The van der Waals surface area contributed by atoms with Gasteiger partial charge in [0.05, 0.1) is 16.5 Å². The lowest BCUT2D eigenvalue weighted by molar-refractivity contribution is 0.604. The second-order valence-corrected chi connectivity index (χ2v) is 8.19. The maximum atomic E-state index is 13.6. The molecule has 0 aliphatic carbocycles. The van der Waals surface area contributed by atoms with Crippen molar-refractivity contribution in [3.63, 3.8) is 0 Å². The number of hydrogen-bond acceptors (Lipinski definition) is 7. The lowest BCUT2D eigenvalue weighted by atomic mass is 9.97. The fraction of sp³-hybridized carbons (Fsp3) is 0.0769. The first-order chi connectivity index (χ1) is 16.9. The standard InChI is InChI=1S/C26H14N6O3/c1-13-7-8-21-16(9-13)23(33)19(12-35-21)22-17(10-27)25-30-24-15-5-3-4-6-20(15)29-14(2)31(24)32(25)26(34)18(22)11-28/h3-9,12H,1-2H3. The van der Waals surface area contributed by atoms with Crippen molar-refractivity contribution < 1.29 is 4.42 Å². The van der Waals surface area contributed by atoms with Crippen LogP contribution in [0.4, 0.5) is 0 Å². The molecule has 0 atom stereocenters. The average molecular weight is 458 g/mol. The average Bonchev–Trinajstić information content (AvgIpc) is 3.27. The predicted molar refractivity (Wildman–Crippen MR) is 128 cm³/mol. The van der Waals surface area contributed by atoms with Crippen LogP contribution in [-0.4, -0.2) is 19.0 Å². The van der Waals surface area contributed by atoms with E-state index in [9.17, 15) is 20.1 Å². The predicted octanol–water partition coefficient (Wildman–Crippen LogP) is 3.63. The van der Waals surface area contributed by atoms with Gasteiger partial charge in [0.25, 0.3) is 5.56 Å². The highest BCUT2D eigenvalue weighted by atomic mass is 16.3. The fourth-order valence-corrected chi connectivity index (χ4v) is 4.53. The second kappa shape index (κ2) is 7.11. The largest absolute Gasteiger partial charge is 0.463 e. The molecule has 0 fully saturated rings. The molecule has 35 heavy (non-hydrogen) atoms. The molecule has 0 aliphatic rings. The summed E-state index contributed by atoms with van der Waals surface area (Å²) in [5.74, 6) is 0.449. The number of nitriles is 2. The zero-order chi connectivity index (χ0) is 24.4. The van der Waals surface area contributed by atoms with E-state index in [1.54, 1.807) is 19.1 Å². The van der Waals surface area contributed by atoms with Gasteiger partial charge in [0.15, 0.2) is 11.3 Å². The Morgan fingerprint density at radius 2 is 1.66 bits per heavy atom. The van der Waals surface area contributed by atoms with E-state index in [2.05, 4.69) is 16.0 Å². The van der Waals surface area contributed by atoms with Gasteiger partial charge >= 0.3 is 0 Å². The van der Waals surface area contributed by atoms with Crippen molar-refractivity contribution in [2.45, 2.75) is 13.8 Å². The van der Waals surface area contributed by atoms with Gasteiger partial charge in [-0.25, -0.2) is 14.5 Å². The molecule has 6 rings (SSSR count). The summed E-state index contributed by atoms with van der Waals surface area (Å²) in [6.45, 7) is 3.54. The van der Waals surface area contributed by atoms with Crippen LogP contribution >= 0.6 is 0 Å². The van der Waals surface area contributed by atoms with Gasteiger partial charge in [0.1, 0.15) is 40.9 Å². The lowest BCUT2D eigenvalue weighted by Gasteiger charge is -2.09. The third-order valence-electron chi connectivity index (χ3n) is 6.10. The maximum Gasteiger partial charge on any atom is 0.290 e. The number of aromatic nitrogens is 4. The summed E-state index contributed by atoms with van der Waals surface area (Å²) in [6, 6.07) is 16.4. The smallest absolute Gasteiger partial charge is 0.290 e. The molecule has 2 aromatic carbocycles. The van der Waals surface area contributed by atoms with Crippen molar-refractivity contribution >= 4 is 33.2 Å². The van der Waals surface area contributed by atoms with E-state index in [-0.39, 0.29) is 33.3 Å². The molecule has 0 aliphatic heterocycles. The Labute approximate surface area is 196 Å². The quantitative estimate of drug-likeness (QED) is 0.368. The van der Waals surface area contributed by atoms with Gasteiger partial charge in [-0.05, 0) is 38.1 Å². The zero-order valence-corrected chi connectivity index (χ0v) is 18.5. The Morgan fingerprint density at radius 3 is 2.43 bits per heavy atom. The normalized spacial score (nSPS) is 11.3. The Bertz CT molecular complexity index is 2100. The summed E-state index contributed by atoms with van der Waals surface area (Å²) in [6.07, 6.45) is 1.19. The van der Waals surface area contributed by atoms with Crippen molar-refractivity contribution in [2.75, 3.05) is 0 Å². The molecule has 9 nitrogen and oxygen atoms in total. The van der Waals surface area contributed by atoms with E-state index in [0.717, 1.165) is 10.1 Å². The molecule has 166 valence electrons. The summed E-state index contributed by atoms with van der Waals surface area (Å²) in [5.41, 5.74) is 0.579. The van der Waals surface area contributed by atoms with Crippen LogP contribution in [0.3, 0.4) is 0 Å². The van der Waals surface area contributed by atoms with Gasteiger partial charge in [0, 0.05) is 10.9 Å². The minimum absolute atomic E-state index is 0.0245. The summed E-state index contributed by atoms with van der Waals surface area (Å²) < 4.78 is 8.30. The molecule has 4 aromatic heterocycles. The molecule has 0 saturated carbocycles. The van der Waals surface area contributed by atoms with Crippen LogP contribution in [0.5, 0.6) is 0 Å². The minimum Gasteiger partial charge on any atom is -0.463 e. The third-order valence-corrected chi connectivity index (χ3v) is 6.10. The van der Waals surface area contributed by atoms with Crippen LogP contribution < -0.4 is 11.0 Å². The number of pyridine rings is 1. The van der Waals surface area contributed by atoms with Gasteiger partial charge < -0.3 is 4.42 Å². The van der Waals surface area contributed by atoms with E-state index in [0.29, 0.717) is 28.0 Å². The highest BCUT2D eigenvalue weighted by Gasteiger charge is 2.26. The summed E-state index contributed by atoms with van der Waals surface area (Å²) >= 11 is 0. The van der Waals surface area contributed by atoms with Crippen LogP contribution in [-0.2, 0) is 0 Å². The molecule has 0 N–H and O–H groups in total. The Hall–Kier alpha value is -5.28. The second-order valence-electron chi connectivity index (χ2n) is 8.19. The molecule has 0 amide bonds. The highest BCUT2D eigenvalue weighted by molar-refractivity contribution is 5.93. The first-order valence-electron chi connectivity index (χ1n) is 10.6. The fourth-order valence-electron chi connectivity index (χ4n) is 4.53. The van der Waals surface area contributed by atoms with Crippen molar-refractivity contribution in [3.05, 3.63) is 91.8 Å². The summed E-state index contributed by atoms with van der Waals surface area (Å²) in [4.78, 5) is 36.2. The number of para-hydroxylation sites is 1. The first-order valence-corrected chi connectivity index (χ1v) is 10.6. The van der Waals surface area contributed by atoms with Gasteiger partial charge in [-0.1, -0.05) is 23.8 Å². The van der Waals surface area contributed by atoms with Crippen LogP contribution in [0.15, 0.2) is 62.7 Å². The molecule has 0 bridgehead atoms. The number of hydrogen-bond donors (Lipinski definition) is 0. The van der Waals surface area contributed by atoms with E-state index in [1.165, 1.54) is 10.8 Å². The van der Waals surface area contributed by atoms with Crippen LogP contribution in [0.25, 0.3) is 44.3 Å². The molecule has 0 unspecified atom stereocenters.